The van der Waals surface area contributed by atoms with E-state index in [2.05, 4.69) is 15.0 Å². The summed E-state index contributed by atoms with van der Waals surface area (Å²) in [4.78, 5) is 35.7. The Labute approximate surface area is 203 Å². The maximum absolute atomic E-state index is 12.4. The van der Waals surface area contributed by atoms with Crippen molar-refractivity contribution in [1.82, 2.24) is 15.0 Å². The fourth-order valence-electron chi connectivity index (χ4n) is 3.41. The lowest BCUT2D eigenvalue weighted by Gasteiger charge is -2.13. The summed E-state index contributed by atoms with van der Waals surface area (Å²) in [6.07, 6.45) is 3.68. The van der Waals surface area contributed by atoms with Gasteiger partial charge in [-0.1, -0.05) is 31.5 Å². The van der Waals surface area contributed by atoms with Crippen LogP contribution in [0.3, 0.4) is 0 Å². The van der Waals surface area contributed by atoms with E-state index in [9.17, 15) is 9.59 Å². The number of hydrogen-bond donors (Lipinski definition) is 2. The van der Waals surface area contributed by atoms with Crippen LogP contribution < -0.4 is 16.0 Å². The number of pyridine rings is 1. The van der Waals surface area contributed by atoms with Gasteiger partial charge in [0.05, 0.1) is 17.3 Å². The van der Waals surface area contributed by atoms with Crippen LogP contribution in [0.5, 0.6) is 5.88 Å². The molecule has 3 N–H and O–H groups in total. The smallest absolute Gasteiger partial charge is 0.251 e. The van der Waals surface area contributed by atoms with Gasteiger partial charge in [0, 0.05) is 42.0 Å². The monoisotopic (exact) mass is 484 g/mol. The minimum Gasteiger partial charge on any atom is -0.475 e. The van der Waals surface area contributed by atoms with Gasteiger partial charge in [-0.05, 0) is 43.0 Å². The molecule has 1 unspecified atom stereocenters. The molecule has 1 atom stereocenters. The molecule has 3 rings (SSSR count). The number of primary amides is 1. The molecule has 0 bridgehead atoms. The molecule has 0 saturated heterocycles. The Kier molecular flexibility index (Phi) is 9.18. The highest BCUT2D eigenvalue weighted by Gasteiger charge is 2.16. The molecule has 0 aliphatic heterocycles. The van der Waals surface area contributed by atoms with E-state index < -0.39 is 0 Å². The van der Waals surface area contributed by atoms with Crippen molar-refractivity contribution in [1.29, 1.82) is 0 Å². The summed E-state index contributed by atoms with van der Waals surface area (Å²) < 4.78 is 11.0. The van der Waals surface area contributed by atoms with Crippen molar-refractivity contribution in [3.8, 4) is 28.5 Å². The molecule has 1 aromatic carbocycles. The first-order valence-corrected chi connectivity index (χ1v) is 11.7. The maximum atomic E-state index is 12.4. The molecule has 9 heteroatoms. The second kappa shape index (κ2) is 12.3. The number of hydrogen-bond acceptors (Lipinski definition) is 6. The maximum Gasteiger partial charge on any atom is 0.251 e. The van der Waals surface area contributed by atoms with Crippen molar-refractivity contribution in [2.24, 2.45) is 11.7 Å². The number of halogens is 1. The quantitative estimate of drug-likeness (QED) is 0.375. The molecule has 0 aliphatic carbocycles. The number of H-pyrrole nitrogens is 1. The van der Waals surface area contributed by atoms with Gasteiger partial charge in [0.15, 0.2) is 0 Å². The van der Waals surface area contributed by atoms with Crippen LogP contribution in [-0.2, 0) is 16.0 Å². The molecule has 0 spiro atoms. The van der Waals surface area contributed by atoms with Crippen LogP contribution in [-0.4, -0.2) is 40.7 Å². The second-order valence-electron chi connectivity index (χ2n) is 7.85. The topological polar surface area (TPSA) is 120 Å². The van der Waals surface area contributed by atoms with E-state index in [0.29, 0.717) is 66.2 Å². The van der Waals surface area contributed by atoms with Crippen molar-refractivity contribution in [2.45, 2.75) is 33.1 Å². The number of rotatable bonds is 12. The van der Waals surface area contributed by atoms with Crippen molar-refractivity contribution in [3.63, 3.8) is 0 Å². The highest BCUT2D eigenvalue weighted by molar-refractivity contribution is 6.33. The average molecular weight is 485 g/mol. The number of nitrogens with one attached hydrogen (secondary N) is 1. The first-order chi connectivity index (χ1) is 16.4. The van der Waals surface area contributed by atoms with Gasteiger partial charge in [0.2, 0.25) is 11.8 Å². The molecule has 2 aromatic heterocycles. The van der Waals surface area contributed by atoms with E-state index in [0.717, 1.165) is 12.0 Å². The Hall–Kier alpha value is -3.23. The number of nitrogens with zero attached hydrogens (tertiary/aromatic N) is 2. The first-order valence-electron chi connectivity index (χ1n) is 11.3. The summed E-state index contributed by atoms with van der Waals surface area (Å²) in [5.41, 5.74) is 7.73. The lowest BCUT2D eigenvalue weighted by Crippen LogP contribution is -2.24. The number of ether oxygens (including phenoxy) is 2. The molecular weight excluding hydrogens is 456 g/mol. The normalized spacial score (nSPS) is 11.9. The van der Waals surface area contributed by atoms with Gasteiger partial charge in [0.1, 0.15) is 12.4 Å². The molecule has 8 nitrogen and oxygen atoms in total. The standard InChI is InChI=1S/C25H29ClN4O4/c1-3-9-33-10-11-34-23-8-6-18(15-28-23)21-14-22(31)30-25(29-21)19-13-16(5-7-20(19)26)12-17(4-2)24(27)32/h5-8,13-15,17H,3-4,9-12H2,1-2H3,(H2,27,32)(H,29,30,31). The predicted molar refractivity (Wildman–Crippen MR) is 132 cm³/mol. The first kappa shape index (κ1) is 25.4. The lowest BCUT2D eigenvalue weighted by atomic mass is 9.95. The van der Waals surface area contributed by atoms with Crippen LogP contribution in [0.15, 0.2) is 47.4 Å². The molecule has 0 radical (unpaired) electrons. The van der Waals surface area contributed by atoms with E-state index in [4.69, 9.17) is 26.8 Å². The number of amides is 1. The highest BCUT2D eigenvalue weighted by Crippen LogP contribution is 2.28. The van der Waals surface area contributed by atoms with E-state index in [1.807, 2.05) is 26.0 Å². The van der Waals surface area contributed by atoms with Crippen LogP contribution in [0, 0.1) is 5.92 Å². The summed E-state index contributed by atoms with van der Waals surface area (Å²) >= 11 is 6.42. The molecule has 0 saturated carbocycles. The number of benzene rings is 1. The molecule has 0 aliphatic rings. The molecule has 3 aromatic rings. The number of aromatic amines is 1. The van der Waals surface area contributed by atoms with Crippen LogP contribution >= 0.6 is 11.6 Å². The fourth-order valence-corrected chi connectivity index (χ4v) is 3.62. The Morgan fingerprint density at radius 2 is 1.97 bits per heavy atom. The fraction of sp³-hybridized carbons (Fsp3) is 0.360. The van der Waals surface area contributed by atoms with Crippen molar-refractivity contribution >= 4 is 17.5 Å². The van der Waals surface area contributed by atoms with Crippen LogP contribution in [0.2, 0.25) is 5.02 Å². The van der Waals surface area contributed by atoms with E-state index in [1.54, 1.807) is 24.4 Å². The number of carbonyl (C=O) groups is 1. The Bertz CT molecular complexity index is 1160. The van der Waals surface area contributed by atoms with Gasteiger partial charge in [-0.15, -0.1) is 0 Å². The van der Waals surface area contributed by atoms with Crippen molar-refractivity contribution < 1.29 is 14.3 Å². The third kappa shape index (κ3) is 6.88. The second-order valence-corrected chi connectivity index (χ2v) is 8.26. The Balaban J connectivity index is 1.82. The third-order valence-corrected chi connectivity index (χ3v) is 5.59. The van der Waals surface area contributed by atoms with Crippen LogP contribution in [0.4, 0.5) is 0 Å². The zero-order chi connectivity index (χ0) is 24.5. The molecule has 2 heterocycles. The molecular formula is C25H29ClN4O4. The number of nitrogens with two attached hydrogens (primary N) is 1. The SMILES string of the molecule is CCCOCCOc1ccc(-c2cc(=O)[nH]c(-c3cc(CC(CC)C(N)=O)ccc3Cl)n2)cn1. The van der Waals surface area contributed by atoms with Crippen LogP contribution in [0.25, 0.3) is 22.6 Å². The zero-order valence-electron chi connectivity index (χ0n) is 19.3. The summed E-state index contributed by atoms with van der Waals surface area (Å²) in [5, 5.41) is 0.434. The van der Waals surface area contributed by atoms with E-state index >= 15 is 0 Å². The van der Waals surface area contributed by atoms with Crippen molar-refractivity contribution in [2.75, 3.05) is 19.8 Å². The highest BCUT2D eigenvalue weighted by atomic mass is 35.5. The minimum absolute atomic E-state index is 0.280. The Morgan fingerprint density at radius 1 is 1.15 bits per heavy atom. The minimum atomic E-state index is -0.346. The van der Waals surface area contributed by atoms with Gasteiger partial charge in [-0.3, -0.25) is 9.59 Å². The molecule has 0 fully saturated rings. The van der Waals surface area contributed by atoms with Gasteiger partial charge >= 0.3 is 0 Å². The average Bonchev–Trinajstić information content (AvgIpc) is 2.83. The van der Waals surface area contributed by atoms with Gasteiger partial charge in [-0.2, -0.15) is 0 Å². The number of aromatic nitrogens is 3. The van der Waals surface area contributed by atoms with Gasteiger partial charge < -0.3 is 20.2 Å². The lowest BCUT2D eigenvalue weighted by molar-refractivity contribution is -0.121. The summed E-state index contributed by atoms with van der Waals surface area (Å²) in [6, 6.07) is 10.3. The predicted octanol–water partition coefficient (Wildman–Crippen LogP) is 4.01. The van der Waals surface area contributed by atoms with Gasteiger partial charge in [0.25, 0.3) is 5.56 Å². The Morgan fingerprint density at radius 3 is 2.65 bits per heavy atom. The zero-order valence-corrected chi connectivity index (χ0v) is 20.1. The van der Waals surface area contributed by atoms with E-state index in [-0.39, 0.29) is 17.4 Å². The summed E-state index contributed by atoms with van der Waals surface area (Å²) in [6.45, 7) is 5.56. The van der Waals surface area contributed by atoms with Gasteiger partial charge in [-0.25, -0.2) is 9.97 Å². The summed E-state index contributed by atoms with van der Waals surface area (Å²) in [7, 11) is 0. The molecule has 34 heavy (non-hydrogen) atoms. The van der Waals surface area contributed by atoms with E-state index in [1.165, 1.54) is 6.07 Å². The van der Waals surface area contributed by atoms with Crippen LogP contribution in [0.1, 0.15) is 32.3 Å². The molecule has 180 valence electrons. The third-order valence-electron chi connectivity index (χ3n) is 5.26. The number of carbonyl (C=O) groups excluding carboxylic acids is 1. The summed E-state index contributed by atoms with van der Waals surface area (Å²) in [5.74, 6) is 0.165. The molecule has 1 amide bonds. The largest absolute Gasteiger partial charge is 0.475 e. The van der Waals surface area contributed by atoms with Crippen molar-refractivity contribution in [3.05, 3.63) is 63.5 Å².